The first-order valence-electron chi connectivity index (χ1n) is 3.29. The highest BCUT2D eigenvalue weighted by Gasteiger charge is 2.19. The van der Waals surface area contributed by atoms with E-state index in [1.165, 1.54) is 24.3 Å². The Kier molecular flexibility index (Phi) is 3.10. The molecule has 1 aromatic rings. The Hall–Kier alpha value is -1.27. The number of carbonyl (C=O) groups excluding carboxylic acids is 1. The largest absolute Gasteiger partial charge is 0.296 e. The zero-order valence-corrected chi connectivity index (χ0v) is 7.20. The fourth-order valence-corrected chi connectivity index (χ4v) is 1.00. The average Bonchev–Trinajstić information content (AvgIpc) is 2.17. The molecule has 1 atom stereocenters. The Morgan fingerprint density at radius 2 is 1.92 bits per heavy atom. The summed E-state index contributed by atoms with van der Waals surface area (Å²) in [5.74, 6) is -1.14. The van der Waals surface area contributed by atoms with Crippen LogP contribution < -0.4 is 0 Å². The lowest BCUT2D eigenvalue weighted by Gasteiger charge is -2.05. The normalized spacial score (nSPS) is 12.2. The van der Waals surface area contributed by atoms with Gasteiger partial charge in [-0.25, -0.2) is 4.21 Å². The Balaban J connectivity index is 2.86. The third kappa shape index (κ3) is 2.33. The van der Waals surface area contributed by atoms with Gasteiger partial charge in [-0.3, -0.25) is 9.35 Å². The number of benzene rings is 1. The van der Waals surface area contributed by atoms with Gasteiger partial charge in [0.05, 0.1) is 0 Å². The van der Waals surface area contributed by atoms with Gasteiger partial charge in [0, 0.05) is 5.56 Å². The highest BCUT2D eigenvalue weighted by Crippen LogP contribution is 2.05. The van der Waals surface area contributed by atoms with Crippen molar-refractivity contribution in [1.82, 2.24) is 4.53 Å². The molecule has 1 amide bonds. The minimum Gasteiger partial charge on any atom is -0.287 e. The molecule has 1 aromatic carbocycles. The first-order valence-corrected chi connectivity index (χ1v) is 4.35. The Bertz CT molecular complexity index is 330. The van der Waals surface area contributed by atoms with Gasteiger partial charge in [0.15, 0.2) is 0 Å². The fourth-order valence-electron chi connectivity index (χ4n) is 0.753. The van der Waals surface area contributed by atoms with E-state index >= 15 is 0 Å². The molecule has 1 N–H and O–H groups in total. The van der Waals surface area contributed by atoms with Crippen LogP contribution >= 0.6 is 0 Å². The van der Waals surface area contributed by atoms with E-state index in [4.69, 9.17) is 4.55 Å². The second-order valence-electron chi connectivity index (χ2n) is 2.15. The Morgan fingerprint density at radius 1 is 1.38 bits per heavy atom. The molecule has 4 nitrogen and oxygen atoms in total. The fraction of sp³-hybridized carbons (Fsp3) is 0. The first-order chi connectivity index (χ1) is 6.13. The maximum atomic E-state index is 12.5. The van der Waals surface area contributed by atoms with Crippen LogP contribution in [0.25, 0.3) is 0 Å². The number of nitrogens with zero attached hydrogens (tertiary/aromatic N) is 1. The second-order valence-corrected chi connectivity index (χ2v) is 2.93. The van der Waals surface area contributed by atoms with Crippen molar-refractivity contribution in [2.45, 2.75) is 0 Å². The average molecular weight is 203 g/mol. The van der Waals surface area contributed by atoms with Crippen LogP contribution in [-0.4, -0.2) is 19.2 Å². The topological polar surface area (TPSA) is 57.6 Å². The molecule has 1 rings (SSSR count). The van der Waals surface area contributed by atoms with E-state index in [9.17, 15) is 13.5 Å². The molecular weight excluding hydrogens is 197 g/mol. The molecule has 6 heteroatoms. The molecule has 0 saturated carbocycles. The molecule has 0 radical (unpaired) electrons. The highest BCUT2D eigenvalue weighted by atomic mass is 32.2. The second kappa shape index (κ2) is 4.11. The maximum absolute atomic E-state index is 12.5. The molecule has 0 saturated heterocycles. The quantitative estimate of drug-likeness (QED) is 0.579. The van der Waals surface area contributed by atoms with E-state index in [-0.39, 0.29) is 5.56 Å². The third-order valence-corrected chi connectivity index (χ3v) is 1.76. The molecule has 0 aliphatic heterocycles. The number of rotatable bonds is 2. The van der Waals surface area contributed by atoms with E-state index in [1.54, 1.807) is 6.07 Å². The minimum absolute atomic E-state index is 0.0207. The lowest BCUT2D eigenvalue weighted by atomic mass is 10.2. The van der Waals surface area contributed by atoms with Gasteiger partial charge in [-0.2, -0.15) is 0 Å². The van der Waals surface area contributed by atoms with Crippen molar-refractivity contribution >= 4 is 17.2 Å². The van der Waals surface area contributed by atoms with E-state index in [0.717, 1.165) is 0 Å². The molecule has 0 aromatic heterocycles. The molecule has 1 unspecified atom stereocenters. The number of amides is 1. The van der Waals surface area contributed by atoms with Crippen LogP contribution in [0.4, 0.5) is 4.48 Å². The predicted octanol–water partition coefficient (Wildman–Crippen LogP) is 1.15. The van der Waals surface area contributed by atoms with E-state index in [2.05, 4.69) is 0 Å². The van der Waals surface area contributed by atoms with Crippen LogP contribution in [0.2, 0.25) is 0 Å². The summed E-state index contributed by atoms with van der Waals surface area (Å²) in [6.07, 6.45) is 0. The van der Waals surface area contributed by atoms with Crippen LogP contribution in [-0.2, 0) is 11.3 Å². The number of hydrogen-bond acceptors (Lipinski definition) is 2. The summed E-state index contributed by atoms with van der Waals surface area (Å²) >= 11 is -2.92. The summed E-state index contributed by atoms with van der Waals surface area (Å²) in [4.78, 5) is 11.0. The molecule has 0 aliphatic rings. The van der Waals surface area contributed by atoms with Crippen molar-refractivity contribution in [3.05, 3.63) is 35.9 Å². The van der Waals surface area contributed by atoms with Crippen molar-refractivity contribution in [1.29, 1.82) is 0 Å². The molecule has 0 aliphatic carbocycles. The lowest BCUT2D eigenvalue weighted by Crippen LogP contribution is -2.24. The van der Waals surface area contributed by atoms with E-state index in [0.29, 0.717) is 0 Å². The standard InChI is InChI=1S/C7H6FNO3S/c8-9(13(11)12)7(10)6-4-2-1-3-5-6/h1-5H,(H,11,12). The summed E-state index contributed by atoms with van der Waals surface area (Å²) in [6.45, 7) is 0. The molecule has 70 valence electrons. The van der Waals surface area contributed by atoms with Gasteiger partial charge in [0.1, 0.15) is 0 Å². The molecule has 0 spiro atoms. The summed E-state index contributed by atoms with van der Waals surface area (Å²) < 4.78 is 30.2. The van der Waals surface area contributed by atoms with Crippen LogP contribution in [0, 0.1) is 0 Å². The summed E-state index contributed by atoms with van der Waals surface area (Å²) in [5.41, 5.74) is 0.0207. The van der Waals surface area contributed by atoms with Crippen molar-refractivity contribution in [3.63, 3.8) is 0 Å². The van der Waals surface area contributed by atoms with Gasteiger partial charge >= 0.3 is 0 Å². The molecular formula is C7H6FNO3S. The van der Waals surface area contributed by atoms with E-state index < -0.39 is 21.7 Å². The number of carbonyl (C=O) groups is 1. The van der Waals surface area contributed by atoms with Crippen LogP contribution in [0.5, 0.6) is 0 Å². The van der Waals surface area contributed by atoms with Gasteiger partial charge in [0.25, 0.3) is 17.2 Å². The molecule has 13 heavy (non-hydrogen) atoms. The van der Waals surface area contributed by atoms with Gasteiger partial charge < -0.3 is 0 Å². The van der Waals surface area contributed by atoms with Crippen molar-refractivity contribution in [2.24, 2.45) is 0 Å². The summed E-state index contributed by atoms with van der Waals surface area (Å²) in [6, 6.07) is 7.40. The zero-order chi connectivity index (χ0) is 9.84. The van der Waals surface area contributed by atoms with Crippen LogP contribution in [0.1, 0.15) is 10.4 Å². The highest BCUT2D eigenvalue weighted by molar-refractivity contribution is 7.77. The Morgan fingerprint density at radius 3 is 2.38 bits per heavy atom. The van der Waals surface area contributed by atoms with Crippen molar-refractivity contribution < 1.29 is 18.0 Å². The molecule has 0 fully saturated rings. The van der Waals surface area contributed by atoms with Gasteiger partial charge in [0.2, 0.25) is 0 Å². The van der Waals surface area contributed by atoms with E-state index in [1.807, 2.05) is 0 Å². The maximum Gasteiger partial charge on any atom is 0.296 e. The van der Waals surface area contributed by atoms with Crippen LogP contribution in [0.3, 0.4) is 0 Å². The van der Waals surface area contributed by atoms with Crippen molar-refractivity contribution in [3.8, 4) is 0 Å². The molecule has 0 heterocycles. The third-order valence-electron chi connectivity index (χ3n) is 1.32. The summed E-state index contributed by atoms with van der Waals surface area (Å²) in [5, 5.41) is 0. The number of halogens is 1. The Labute approximate surface area is 76.3 Å². The minimum atomic E-state index is -2.92. The molecule has 0 bridgehead atoms. The first kappa shape index (κ1) is 9.82. The monoisotopic (exact) mass is 203 g/mol. The SMILES string of the molecule is O=C(c1ccccc1)N(F)S(=O)O. The van der Waals surface area contributed by atoms with Gasteiger partial charge in [-0.05, 0) is 12.1 Å². The smallest absolute Gasteiger partial charge is 0.287 e. The number of hydrogen-bond donors (Lipinski definition) is 1. The van der Waals surface area contributed by atoms with Gasteiger partial charge in [-0.1, -0.05) is 27.2 Å². The predicted molar refractivity (Wildman–Crippen MR) is 44.5 cm³/mol. The summed E-state index contributed by atoms with van der Waals surface area (Å²) in [7, 11) is 0. The zero-order valence-electron chi connectivity index (χ0n) is 6.38. The lowest BCUT2D eigenvalue weighted by molar-refractivity contribution is 0.0583. The van der Waals surface area contributed by atoms with Crippen molar-refractivity contribution in [2.75, 3.05) is 0 Å². The van der Waals surface area contributed by atoms with Crippen LogP contribution in [0.15, 0.2) is 30.3 Å². The van der Waals surface area contributed by atoms with Gasteiger partial charge in [-0.15, -0.1) is 0 Å².